The van der Waals surface area contributed by atoms with E-state index in [-0.39, 0.29) is 10.8 Å². The van der Waals surface area contributed by atoms with Gasteiger partial charge in [0.1, 0.15) is 0 Å². The maximum Gasteiger partial charge on any atom is 0.162 e. The van der Waals surface area contributed by atoms with Crippen LogP contribution in [0.3, 0.4) is 0 Å². The van der Waals surface area contributed by atoms with Crippen LogP contribution in [0.15, 0.2) is 11.6 Å². The number of fused-ring (bicyclic) bond motifs is 5. The quantitative estimate of drug-likeness (QED) is 0.522. The normalized spacial score (nSPS) is 47.7. The first-order chi connectivity index (χ1) is 12.9. The maximum atomic E-state index is 13.6. The summed E-state index contributed by atoms with van der Waals surface area (Å²) in [5.41, 5.74) is 1.66. The fraction of sp³-hybridized carbons (Fsp3) is 0.875. The fourth-order valence-electron chi connectivity index (χ4n) is 8.00. The third-order valence-corrected chi connectivity index (χ3v) is 9.96. The van der Waals surface area contributed by atoms with Gasteiger partial charge in [-0.1, -0.05) is 46.1 Å². The molecule has 2 nitrogen and oxygen atoms in total. The van der Waals surface area contributed by atoms with Crippen molar-refractivity contribution in [3.8, 4) is 0 Å². The highest BCUT2D eigenvalue weighted by atomic mass is 31.0. The summed E-state index contributed by atoms with van der Waals surface area (Å²) >= 11 is 0. The maximum absolute atomic E-state index is 13.6. The summed E-state index contributed by atoms with van der Waals surface area (Å²) in [7, 11) is 2.47. The van der Waals surface area contributed by atoms with Crippen LogP contribution in [0.25, 0.3) is 0 Å². The molecule has 2 unspecified atom stereocenters. The van der Waals surface area contributed by atoms with Crippen molar-refractivity contribution in [3.63, 3.8) is 0 Å². The molecule has 0 aromatic heterocycles. The van der Waals surface area contributed by atoms with Crippen molar-refractivity contribution in [1.82, 2.24) is 0 Å². The summed E-state index contributed by atoms with van der Waals surface area (Å²) in [6, 6.07) is 0. The van der Waals surface area contributed by atoms with Gasteiger partial charge in [-0.25, -0.2) is 0 Å². The van der Waals surface area contributed by atoms with E-state index in [1.807, 2.05) is 0 Å². The zero-order valence-electron chi connectivity index (χ0n) is 17.8. The molecule has 0 aromatic rings. The van der Waals surface area contributed by atoms with E-state index in [1.165, 1.54) is 50.5 Å². The third kappa shape index (κ3) is 2.92. The SMILES string of the molecule is CCC[C@@H](C)C1CC[C@H]2[C@@H]3CC[C@@H]4C[C@H](OP)CC[C@]4(C)C3=CC(=O)[C@]12C. The van der Waals surface area contributed by atoms with E-state index in [9.17, 15) is 4.79 Å². The second-order valence-corrected chi connectivity index (χ2v) is 10.9. The second-order valence-electron chi connectivity index (χ2n) is 10.6. The van der Waals surface area contributed by atoms with Gasteiger partial charge in [0, 0.05) is 14.9 Å². The van der Waals surface area contributed by atoms with Crippen molar-refractivity contribution in [2.75, 3.05) is 0 Å². The Morgan fingerprint density at radius 2 is 2.00 bits per heavy atom. The Kier molecular flexibility index (Phi) is 5.39. The molecule has 3 saturated carbocycles. The molecular weight excluding hydrogens is 351 g/mol. The Morgan fingerprint density at radius 1 is 1.22 bits per heavy atom. The summed E-state index contributed by atoms with van der Waals surface area (Å²) in [5, 5.41) is 0. The Labute approximate surface area is 168 Å². The molecular formula is C24H39O2P. The van der Waals surface area contributed by atoms with Crippen molar-refractivity contribution in [2.45, 2.75) is 91.6 Å². The van der Waals surface area contributed by atoms with E-state index in [4.69, 9.17) is 4.52 Å². The van der Waals surface area contributed by atoms with E-state index in [0.29, 0.717) is 41.5 Å². The van der Waals surface area contributed by atoms with E-state index < -0.39 is 0 Å². The molecule has 0 aliphatic heterocycles. The van der Waals surface area contributed by atoms with Crippen LogP contribution in [0, 0.1) is 40.4 Å². The molecule has 0 amide bonds. The largest absolute Gasteiger partial charge is 0.362 e. The monoisotopic (exact) mass is 390 g/mol. The van der Waals surface area contributed by atoms with Gasteiger partial charge in [-0.15, -0.1) is 0 Å². The number of ketones is 1. The molecule has 4 rings (SSSR count). The summed E-state index contributed by atoms with van der Waals surface area (Å²) in [5.74, 6) is 3.65. The Bertz CT molecular complexity index is 628. The minimum absolute atomic E-state index is 0.105. The van der Waals surface area contributed by atoms with Crippen LogP contribution >= 0.6 is 9.47 Å². The number of carbonyl (C=O) groups excluding carboxylic acids is 1. The molecule has 27 heavy (non-hydrogen) atoms. The summed E-state index contributed by atoms with van der Waals surface area (Å²) in [6.07, 6.45) is 13.7. The van der Waals surface area contributed by atoms with Crippen LogP contribution in [0.5, 0.6) is 0 Å². The molecule has 0 aromatic carbocycles. The van der Waals surface area contributed by atoms with E-state index in [2.05, 4.69) is 43.2 Å². The van der Waals surface area contributed by atoms with E-state index in [0.717, 1.165) is 12.8 Å². The zero-order chi connectivity index (χ0) is 19.4. The highest BCUT2D eigenvalue weighted by Crippen LogP contribution is 2.65. The van der Waals surface area contributed by atoms with Gasteiger partial charge < -0.3 is 4.52 Å². The van der Waals surface area contributed by atoms with Crippen LogP contribution in [0.1, 0.15) is 85.5 Å². The minimum atomic E-state index is -0.105. The predicted octanol–water partition coefficient (Wildman–Crippen LogP) is 6.36. The lowest BCUT2D eigenvalue weighted by molar-refractivity contribution is -0.132. The van der Waals surface area contributed by atoms with Gasteiger partial charge >= 0.3 is 0 Å². The lowest BCUT2D eigenvalue weighted by Gasteiger charge is -2.56. The van der Waals surface area contributed by atoms with Crippen LogP contribution in [-0.4, -0.2) is 11.9 Å². The topological polar surface area (TPSA) is 26.3 Å². The summed E-state index contributed by atoms with van der Waals surface area (Å²) < 4.78 is 5.62. The Morgan fingerprint density at radius 3 is 2.70 bits per heavy atom. The van der Waals surface area contributed by atoms with Gasteiger partial charge in [-0.05, 0) is 86.0 Å². The molecule has 0 saturated heterocycles. The predicted molar refractivity (Wildman–Crippen MR) is 114 cm³/mol. The van der Waals surface area contributed by atoms with E-state index >= 15 is 0 Å². The van der Waals surface area contributed by atoms with Crippen LogP contribution in [0.4, 0.5) is 0 Å². The van der Waals surface area contributed by atoms with Gasteiger partial charge in [-0.2, -0.15) is 0 Å². The van der Waals surface area contributed by atoms with Gasteiger partial charge in [0.15, 0.2) is 5.78 Å². The van der Waals surface area contributed by atoms with Crippen molar-refractivity contribution in [2.24, 2.45) is 40.4 Å². The van der Waals surface area contributed by atoms with Gasteiger partial charge in [0.05, 0.1) is 6.10 Å². The molecule has 4 aliphatic carbocycles. The fourth-order valence-corrected chi connectivity index (χ4v) is 8.24. The van der Waals surface area contributed by atoms with Crippen molar-refractivity contribution < 1.29 is 9.32 Å². The van der Waals surface area contributed by atoms with Gasteiger partial charge in [0.25, 0.3) is 0 Å². The number of rotatable bonds is 4. The molecule has 3 fully saturated rings. The smallest absolute Gasteiger partial charge is 0.162 e. The number of hydrogen-bond donors (Lipinski definition) is 0. The summed E-state index contributed by atoms with van der Waals surface area (Å²) in [4.78, 5) is 13.6. The van der Waals surface area contributed by atoms with E-state index in [1.54, 1.807) is 0 Å². The van der Waals surface area contributed by atoms with Crippen LogP contribution < -0.4 is 0 Å². The second kappa shape index (κ2) is 7.24. The van der Waals surface area contributed by atoms with Crippen LogP contribution in [0.2, 0.25) is 0 Å². The van der Waals surface area contributed by atoms with Crippen molar-refractivity contribution in [3.05, 3.63) is 11.6 Å². The average Bonchev–Trinajstić information content (AvgIpc) is 3.01. The highest BCUT2D eigenvalue weighted by molar-refractivity contribution is 7.09. The molecule has 0 heterocycles. The molecule has 0 N–H and O–H groups in total. The zero-order valence-corrected chi connectivity index (χ0v) is 19.0. The lowest BCUT2D eigenvalue weighted by atomic mass is 9.48. The van der Waals surface area contributed by atoms with Gasteiger partial charge in [-0.3, -0.25) is 4.79 Å². The molecule has 0 spiro atoms. The van der Waals surface area contributed by atoms with Gasteiger partial charge in [0.2, 0.25) is 0 Å². The highest BCUT2D eigenvalue weighted by Gasteiger charge is 2.60. The number of hydrogen-bond acceptors (Lipinski definition) is 2. The van der Waals surface area contributed by atoms with Crippen molar-refractivity contribution >= 4 is 15.2 Å². The van der Waals surface area contributed by atoms with Crippen molar-refractivity contribution in [1.29, 1.82) is 0 Å². The average molecular weight is 391 g/mol. The molecule has 3 heteroatoms. The number of carbonyl (C=O) groups is 1. The molecule has 152 valence electrons. The first-order valence-corrected chi connectivity index (χ1v) is 11.9. The Balaban J connectivity index is 1.66. The third-order valence-electron chi connectivity index (χ3n) is 9.57. The van der Waals surface area contributed by atoms with Crippen LogP contribution in [-0.2, 0) is 9.32 Å². The first-order valence-electron chi connectivity index (χ1n) is 11.5. The summed E-state index contributed by atoms with van der Waals surface area (Å²) in [6.45, 7) is 9.49. The first kappa shape index (κ1) is 20.1. The Hall–Kier alpha value is -0.200. The standard InChI is InChI=1S/C24H39O2P/c1-5-6-15(2)19-9-10-20-18-8-7-16-13-17(26-27)11-12-23(16,3)21(18)14-22(25)24(19,20)4/h14-20H,5-13,27H2,1-4H3/t15-,16-,17-,18+,19?,20+,23+,24-/m1/s1. The molecule has 4 aliphatic rings. The lowest BCUT2D eigenvalue weighted by Crippen LogP contribution is -2.52. The molecule has 0 radical (unpaired) electrons. The number of allylic oxidation sites excluding steroid dienone is 2. The minimum Gasteiger partial charge on any atom is -0.362 e. The molecule has 9 atom stereocenters. The molecule has 0 bridgehead atoms.